The quantitative estimate of drug-likeness (QED) is 0.795. The molecule has 96 valence electrons. The second-order valence-corrected chi connectivity index (χ2v) is 7.56. The lowest BCUT2D eigenvalue weighted by molar-refractivity contribution is 1.11. The molecule has 2 aromatic rings. The molecule has 0 saturated carbocycles. The molecule has 0 N–H and O–H groups in total. The first kappa shape index (κ1) is 13.2. The van der Waals surface area contributed by atoms with Gasteiger partial charge in [-0.1, -0.05) is 71.6 Å². The first-order valence-corrected chi connectivity index (χ1v) is 8.88. The van der Waals surface area contributed by atoms with Gasteiger partial charge in [-0.15, -0.1) is 0 Å². The summed E-state index contributed by atoms with van der Waals surface area (Å²) in [7, 11) is 0. The summed E-state index contributed by atoms with van der Waals surface area (Å²) in [5.41, 5.74) is 2.89. The van der Waals surface area contributed by atoms with Crippen LogP contribution in [0.5, 0.6) is 0 Å². The molecule has 1 aliphatic heterocycles. The maximum Gasteiger partial charge on any atom is 0.234 e. The fourth-order valence-electron chi connectivity index (χ4n) is 2.53. The lowest BCUT2D eigenvalue weighted by atomic mass is 9.42. The van der Waals surface area contributed by atoms with E-state index >= 15 is 0 Å². The van der Waals surface area contributed by atoms with Gasteiger partial charge in [0.15, 0.2) is 0 Å². The summed E-state index contributed by atoms with van der Waals surface area (Å²) in [6.45, 7) is 0.512. The normalized spacial score (nSPS) is 16.2. The second-order valence-electron chi connectivity index (χ2n) is 4.76. The van der Waals surface area contributed by atoms with Crippen LogP contribution in [0.1, 0.15) is 6.42 Å². The van der Waals surface area contributed by atoms with Crippen molar-refractivity contribution in [3.8, 4) is 0 Å². The molecule has 0 amide bonds. The monoisotopic (exact) mass is 284 g/mol. The Bertz CT molecular complexity index is 455. The SMILES string of the molecule is c1ccc(B(c2ccccc2)C2SCCCS2)cc1. The van der Waals surface area contributed by atoms with Crippen LogP contribution < -0.4 is 10.9 Å². The van der Waals surface area contributed by atoms with Gasteiger partial charge in [-0.2, -0.15) is 23.5 Å². The highest BCUT2D eigenvalue weighted by molar-refractivity contribution is 8.19. The van der Waals surface area contributed by atoms with Crippen LogP contribution in [0.25, 0.3) is 0 Å². The number of hydrogen-bond acceptors (Lipinski definition) is 2. The maximum atomic E-state index is 2.27. The molecule has 1 heterocycles. The highest BCUT2D eigenvalue weighted by Crippen LogP contribution is 2.32. The highest BCUT2D eigenvalue weighted by atomic mass is 32.2. The molecule has 0 aliphatic carbocycles. The van der Waals surface area contributed by atoms with Crippen molar-refractivity contribution >= 4 is 41.2 Å². The van der Waals surface area contributed by atoms with Crippen molar-refractivity contribution in [1.29, 1.82) is 0 Å². The van der Waals surface area contributed by atoms with Crippen molar-refractivity contribution in [2.24, 2.45) is 0 Å². The molecule has 0 aromatic heterocycles. The van der Waals surface area contributed by atoms with E-state index in [9.17, 15) is 0 Å². The standard InChI is InChI=1S/C16H17BS2/c1-3-8-14(9-4-1)17(15-10-5-2-6-11-15)16-18-12-7-13-19-16/h1-6,8-11,16H,7,12-13H2. The Balaban J connectivity index is 1.96. The van der Waals surface area contributed by atoms with Crippen LogP contribution in [-0.2, 0) is 0 Å². The smallest absolute Gasteiger partial charge is 0.155 e. The molecule has 3 heteroatoms. The molecule has 0 spiro atoms. The third kappa shape index (κ3) is 3.21. The van der Waals surface area contributed by atoms with Gasteiger partial charge in [0.1, 0.15) is 0 Å². The average Bonchev–Trinajstić information content (AvgIpc) is 2.51. The average molecular weight is 284 g/mol. The zero-order valence-electron chi connectivity index (χ0n) is 10.9. The lowest BCUT2D eigenvalue weighted by Crippen LogP contribution is -2.50. The van der Waals surface area contributed by atoms with E-state index in [-0.39, 0.29) is 0 Å². The molecule has 1 fully saturated rings. The predicted octanol–water partition coefficient (Wildman–Crippen LogP) is 3.03. The molecular formula is C16H17BS2. The van der Waals surface area contributed by atoms with Crippen LogP contribution in [0.3, 0.4) is 0 Å². The highest BCUT2D eigenvalue weighted by Gasteiger charge is 2.31. The Labute approximate surface area is 124 Å². The van der Waals surface area contributed by atoms with Gasteiger partial charge in [-0.05, 0) is 17.9 Å². The van der Waals surface area contributed by atoms with Gasteiger partial charge < -0.3 is 0 Å². The van der Waals surface area contributed by atoms with E-state index in [2.05, 4.69) is 84.2 Å². The Morgan fingerprint density at radius 3 is 1.68 bits per heavy atom. The number of benzene rings is 2. The predicted molar refractivity (Wildman–Crippen MR) is 91.2 cm³/mol. The van der Waals surface area contributed by atoms with Crippen molar-refractivity contribution in [2.45, 2.75) is 10.9 Å². The number of thioether (sulfide) groups is 2. The Morgan fingerprint density at radius 1 is 0.737 bits per heavy atom. The topological polar surface area (TPSA) is 0 Å². The van der Waals surface area contributed by atoms with Crippen molar-refractivity contribution in [3.05, 3.63) is 60.7 Å². The van der Waals surface area contributed by atoms with E-state index in [1.165, 1.54) is 28.9 Å². The van der Waals surface area contributed by atoms with Gasteiger partial charge in [0.05, 0.1) is 0 Å². The van der Waals surface area contributed by atoms with Gasteiger partial charge in [-0.25, -0.2) is 0 Å². The maximum absolute atomic E-state index is 2.27. The minimum Gasteiger partial charge on any atom is -0.155 e. The van der Waals surface area contributed by atoms with Crippen LogP contribution in [0, 0.1) is 0 Å². The van der Waals surface area contributed by atoms with Crippen molar-refractivity contribution in [1.82, 2.24) is 0 Å². The molecule has 2 aromatic carbocycles. The van der Waals surface area contributed by atoms with E-state index in [1.807, 2.05) is 0 Å². The fraction of sp³-hybridized carbons (Fsp3) is 0.250. The molecular weight excluding hydrogens is 267 g/mol. The minimum atomic E-state index is 0.512. The Kier molecular flexibility index (Phi) is 4.57. The van der Waals surface area contributed by atoms with E-state index in [0.717, 1.165) is 0 Å². The van der Waals surface area contributed by atoms with Gasteiger partial charge in [0, 0.05) is 4.48 Å². The summed E-state index contributed by atoms with van der Waals surface area (Å²) in [6, 6.07) is 21.9. The number of hydrogen-bond donors (Lipinski definition) is 0. The van der Waals surface area contributed by atoms with Gasteiger partial charge in [0.2, 0.25) is 6.71 Å². The molecule has 1 saturated heterocycles. The van der Waals surface area contributed by atoms with Crippen LogP contribution in [0.2, 0.25) is 0 Å². The van der Waals surface area contributed by atoms with Crippen molar-refractivity contribution in [2.75, 3.05) is 11.5 Å². The summed E-state index contributed by atoms with van der Waals surface area (Å²) >= 11 is 4.25. The summed E-state index contributed by atoms with van der Waals surface area (Å²) in [5, 5.41) is 0. The van der Waals surface area contributed by atoms with E-state index in [4.69, 9.17) is 0 Å². The van der Waals surface area contributed by atoms with Crippen LogP contribution in [0.4, 0.5) is 0 Å². The molecule has 19 heavy (non-hydrogen) atoms. The Morgan fingerprint density at radius 2 is 1.21 bits per heavy atom. The van der Waals surface area contributed by atoms with Crippen molar-refractivity contribution < 1.29 is 0 Å². The van der Waals surface area contributed by atoms with Gasteiger partial charge in [-0.3, -0.25) is 0 Å². The zero-order valence-corrected chi connectivity index (χ0v) is 12.5. The van der Waals surface area contributed by atoms with Gasteiger partial charge in [0.25, 0.3) is 0 Å². The minimum absolute atomic E-state index is 0.512. The third-order valence-electron chi connectivity index (χ3n) is 3.44. The third-order valence-corrected chi connectivity index (χ3v) is 6.51. The zero-order chi connectivity index (χ0) is 12.9. The fourth-order valence-corrected chi connectivity index (χ4v) is 5.77. The molecule has 0 bridgehead atoms. The van der Waals surface area contributed by atoms with Crippen LogP contribution in [0.15, 0.2) is 60.7 Å². The van der Waals surface area contributed by atoms with E-state index in [1.54, 1.807) is 0 Å². The van der Waals surface area contributed by atoms with Crippen LogP contribution >= 0.6 is 23.5 Å². The Hall–Kier alpha value is -0.795. The van der Waals surface area contributed by atoms with Crippen molar-refractivity contribution in [3.63, 3.8) is 0 Å². The van der Waals surface area contributed by atoms with E-state index < -0.39 is 0 Å². The molecule has 0 radical (unpaired) electrons. The lowest BCUT2D eigenvalue weighted by Gasteiger charge is -2.27. The summed E-state index contributed by atoms with van der Waals surface area (Å²) in [4.78, 5) is 0. The molecule has 0 atom stereocenters. The first-order valence-electron chi connectivity index (χ1n) is 6.78. The summed E-state index contributed by atoms with van der Waals surface area (Å²) in [6.07, 6.45) is 1.35. The molecule has 3 rings (SSSR count). The molecule has 1 aliphatic rings. The largest absolute Gasteiger partial charge is 0.234 e. The van der Waals surface area contributed by atoms with E-state index in [0.29, 0.717) is 11.2 Å². The molecule has 0 nitrogen and oxygen atoms in total. The second kappa shape index (κ2) is 6.58. The molecule has 0 unspecified atom stereocenters. The summed E-state index contributed by atoms with van der Waals surface area (Å²) in [5.74, 6) is 2.60. The summed E-state index contributed by atoms with van der Waals surface area (Å²) < 4.78 is 0.651. The first-order chi connectivity index (χ1) is 9.45. The van der Waals surface area contributed by atoms with Crippen LogP contribution in [-0.4, -0.2) is 22.7 Å². The van der Waals surface area contributed by atoms with Gasteiger partial charge >= 0.3 is 0 Å². The number of rotatable bonds is 3.